The molecule has 0 spiro atoms. The van der Waals surface area contributed by atoms with Crippen LogP contribution in [0.3, 0.4) is 0 Å². The first-order chi connectivity index (χ1) is 10.2. The van der Waals surface area contributed by atoms with Gasteiger partial charge in [-0.15, -0.1) is 0 Å². The first-order valence-corrected chi connectivity index (χ1v) is 7.51. The predicted molar refractivity (Wildman–Crippen MR) is 87.8 cm³/mol. The minimum Gasteiger partial charge on any atom is -0.497 e. The maximum atomic E-state index is 5.98. The van der Waals surface area contributed by atoms with Crippen LogP contribution in [-0.2, 0) is 0 Å². The normalized spacial score (nSPS) is 12.5. The zero-order chi connectivity index (χ0) is 14.8. The van der Waals surface area contributed by atoms with E-state index in [1.165, 1.54) is 0 Å². The highest BCUT2D eigenvalue weighted by Crippen LogP contribution is 2.34. The Kier molecular flexibility index (Phi) is 3.99. The molecule has 1 aromatic heterocycles. The molecule has 0 radical (unpaired) electrons. The third-order valence-corrected chi connectivity index (χ3v) is 4.25. The standard InChI is InChI=1S/C17H16BrNO2/c1-19-17(13-10-12(20-2)7-8-14(13)18)16-9-11-5-3-4-6-15(11)21-16/h3-10,17,19H,1-2H3. The summed E-state index contributed by atoms with van der Waals surface area (Å²) in [5.41, 5.74) is 1.97. The Hall–Kier alpha value is -1.78. The number of hydrogen-bond acceptors (Lipinski definition) is 3. The zero-order valence-electron chi connectivity index (χ0n) is 11.9. The van der Waals surface area contributed by atoms with E-state index in [4.69, 9.17) is 9.15 Å². The molecule has 0 aliphatic heterocycles. The van der Waals surface area contributed by atoms with E-state index in [1.54, 1.807) is 7.11 Å². The highest BCUT2D eigenvalue weighted by Gasteiger charge is 2.19. The summed E-state index contributed by atoms with van der Waals surface area (Å²) in [4.78, 5) is 0. The number of benzene rings is 2. The molecule has 0 saturated carbocycles. The second-order valence-corrected chi connectivity index (χ2v) is 5.65. The summed E-state index contributed by atoms with van der Waals surface area (Å²) in [6.45, 7) is 0. The lowest BCUT2D eigenvalue weighted by atomic mass is 10.0. The molecule has 1 N–H and O–H groups in total. The van der Waals surface area contributed by atoms with E-state index >= 15 is 0 Å². The van der Waals surface area contributed by atoms with Gasteiger partial charge in [0.05, 0.1) is 13.2 Å². The Morgan fingerprint density at radius 2 is 1.95 bits per heavy atom. The fraction of sp³-hybridized carbons (Fsp3) is 0.176. The first-order valence-electron chi connectivity index (χ1n) is 6.72. The third kappa shape index (κ3) is 2.69. The molecule has 0 aliphatic rings. The molecule has 4 heteroatoms. The maximum absolute atomic E-state index is 5.98. The summed E-state index contributed by atoms with van der Waals surface area (Å²) in [6, 6.07) is 16.0. The van der Waals surface area contributed by atoms with Gasteiger partial charge in [0.1, 0.15) is 17.1 Å². The van der Waals surface area contributed by atoms with Crippen molar-refractivity contribution in [3.8, 4) is 5.75 Å². The van der Waals surface area contributed by atoms with Crippen LogP contribution in [0.15, 0.2) is 57.4 Å². The highest BCUT2D eigenvalue weighted by molar-refractivity contribution is 9.10. The Morgan fingerprint density at radius 3 is 2.67 bits per heavy atom. The quantitative estimate of drug-likeness (QED) is 0.755. The molecule has 0 bridgehead atoms. The summed E-state index contributed by atoms with van der Waals surface area (Å²) in [6.07, 6.45) is 0. The average molecular weight is 346 g/mol. The van der Waals surface area contributed by atoms with Crippen LogP contribution in [0.4, 0.5) is 0 Å². The second kappa shape index (κ2) is 5.92. The van der Waals surface area contributed by atoms with Crippen LogP contribution in [0.25, 0.3) is 11.0 Å². The van der Waals surface area contributed by atoms with Crippen molar-refractivity contribution in [2.45, 2.75) is 6.04 Å². The molecule has 3 aromatic rings. The first kappa shape index (κ1) is 14.2. The molecule has 0 saturated heterocycles. The third-order valence-electron chi connectivity index (χ3n) is 3.53. The van der Waals surface area contributed by atoms with E-state index in [2.05, 4.69) is 33.4 Å². The molecule has 108 valence electrons. The molecule has 0 amide bonds. The topological polar surface area (TPSA) is 34.4 Å². The molecular formula is C17H16BrNO2. The van der Waals surface area contributed by atoms with Crippen molar-refractivity contribution in [3.63, 3.8) is 0 Å². The molecule has 1 atom stereocenters. The Morgan fingerprint density at radius 1 is 1.14 bits per heavy atom. The Balaban J connectivity index is 2.09. The summed E-state index contributed by atoms with van der Waals surface area (Å²) in [7, 11) is 3.59. The maximum Gasteiger partial charge on any atom is 0.134 e. The SMILES string of the molecule is CNC(c1cc2ccccc2o1)c1cc(OC)ccc1Br. The average Bonchev–Trinajstić information content (AvgIpc) is 2.93. The number of rotatable bonds is 4. The summed E-state index contributed by atoms with van der Waals surface area (Å²) >= 11 is 3.60. The lowest BCUT2D eigenvalue weighted by Gasteiger charge is -2.16. The van der Waals surface area contributed by atoms with Crippen LogP contribution in [-0.4, -0.2) is 14.2 Å². The summed E-state index contributed by atoms with van der Waals surface area (Å²) in [5.74, 6) is 1.71. The van der Waals surface area contributed by atoms with E-state index in [0.29, 0.717) is 0 Å². The van der Waals surface area contributed by atoms with Crippen molar-refractivity contribution in [2.75, 3.05) is 14.2 Å². The number of nitrogens with one attached hydrogen (secondary N) is 1. The monoisotopic (exact) mass is 345 g/mol. The Bertz CT molecular complexity index is 733. The van der Waals surface area contributed by atoms with Gasteiger partial charge in [-0.3, -0.25) is 0 Å². The van der Waals surface area contributed by atoms with Gasteiger partial charge in [0.25, 0.3) is 0 Å². The van der Waals surface area contributed by atoms with Gasteiger partial charge in [-0.2, -0.15) is 0 Å². The molecule has 0 fully saturated rings. The minimum atomic E-state index is -0.0399. The van der Waals surface area contributed by atoms with E-state index in [1.807, 2.05) is 43.4 Å². The highest BCUT2D eigenvalue weighted by atomic mass is 79.9. The van der Waals surface area contributed by atoms with Crippen molar-refractivity contribution in [3.05, 3.63) is 64.3 Å². The lowest BCUT2D eigenvalue weighted by molar-refractivity contribution is 0.412. The van der Waals surface area contributed by atoms with Crippen LogP contribution < -0.4 is 10.1 Å². The molecule has 2 aromatic carbocycles. The number of hydrogen-bond donors (Lipinski definition) is 1. The predicted octanol–water partition coefficient (Wildman–Crippen LogP) is 4.51. The number of methoxy groups -OCH3 is 1. The fourth-order valence-corrected chi connectivity index (χ4v) is 2.94. The van der Waals surface area contributed by atoms with Gasteiger partial charge in [-0.05, 0) is 42.9 Å². The molecular weight excluding hydrogens is 330 g/mol. The van der Waals surface area contributed by atoms with Gasteiger partial charge in [-0.1, -0.05) is 34.1 Å². The second-order valence-electron chi connectivity index (χ2n) is 4.80. The molecule has 0 aliphatic carbocycles. The van der Waals surface area contributed by atoms with Crippen LogP contribution in [0, 0.1) is 0 Å². The summed E-state index contributed by atoms with van der Waals surface area (Å²) in [5, 5.41) is 4.41. The Labute approximate surface area is 132 Å². The van der Waals surface area contributed by atoms with Crippen molar-refractivity contribution < 1.29 is 9.15 Å². The van der Waals surface area contributed by atoms with Crippen LogP contribution in [0.2, 0.25) is 0 Å². The molecule has 3 nitrogen and oxygen atoms in total. The van der Waals surface area contributed by atoms with E-state index in [-0.39, 0.29) is 6.04 Å². The number of furan rings is 1. The van der Waals surface area contributed by atoms with Gasteiger partial charge in [0.15, 0.2) is 0 Å². The van der Waals surface area contributed by atoms with Gasteiger partial charge < -0.3 is 14.5 Å². The van der Waals surface area contributed by atoms with Crippen LogP contribution in [0.1, 0.15) is 17.4 Å². The number of ether oxygens (including phenoxy) is 1. The largest absolute Gasteiger partial charge is 0.497 e. The van der Waals surface area contributed by atoms with Gasteiger partial charge in [0, 0.05) is 9.86 Å². The lowest BCUT2D eigenvalue weighted by Crippen LogP contribution is -2.17. The van der Waals surface area contributed by atoms with Crippen LogP contribution >= 0.6 is 15.9 Å². The fourth-order valence-electron chi connectivity index (χ4n) is 2.47. The van der Waals surface area contributed by atoms with Crippen molar-refractivity contribution in [1.29, 1.82) is 0 Å². The number of halogens is 1. The molecule has 1 unspecified atom stereocenters. The smallest absolute Gasteiger partial charge is 0.134 e. The minimum absolute atomic E-state index is 0.0399. The van der Waals surface area contributed by atoms with E-state index < -0.39 is 0 Å². The van der Waals surface area contributed by atoms with Crippen molar-refractivity contribution in [1.82, 2.24) is 5.32 Å². The van der Waals surface area contributed by atoms with E-state index in [0.717, 1.165) is 32.5 Å². The van der Waals surface area contributed by atoms with E-state index in [9.17, 15) is 0 Å². The molecule has 1 heterocycles. The molecule has 21 heavy (non-hydrogen) atoms. The number of para-hydroxylation sites is 1. The number of fused-ring (bicyclic) bond motifs is 1. The van der Waals surface area contributed by atoms with Crippen molar-refractivity contribution >= 4 is 26.9 Å². The van der Waals surface area contributed by atoms with Crippen molar-refractivity contribution in [2.24, 2.45) is 0 Å². The van der Waals surface area contributed by atoms with Gasteiger partial charge in [0.2, 0.25) is 0 Å². The van der Waals surface area contributed by atoms with Gasteiger partial charge in [-0.25, -0.2) is 0 Å². The zero-order valence-corrected chi connectivity index (χ0v) is 13.5. The summed E-state index contributed by atoms with van der Waals surface area (Å²) < 4.78 is 12.3. The van der Waals surface area contributed by atoms with Crippen LogP contribution in [0.5, 0.6) is 5.75 Å². The molecule has 3 rings (SSSR count). The van der Waals surface area contributed by atoms with Gasteiger partial charge >= 0.3 is 0 Å².